The highest BCUT2D eigenvalue weighted by molar-refractivity contribution is 7.91. The fourth-order valence-corrected chi connectivity index (χ4v) is 4.63. The lowest BCUT2D eigenvalue weighted by atomic mass is 10.2. The average Bonchev–Trinajstić information content (AvgIpc) is 2.91. The predicted molar refractivity (Wildman–Crippen MR) is 72.2 cm³/mol. The van der Waals surface area contributed by atoms with Gasteiger partial charge in [0, 0.05) is 18.6 Å². The van der Waals surface area contributed by atoms with Crippen LogP contribution in [0.1, 0.15) is 26.2 Å². The molecule has 7 nitrogen and oxygen atoms in total. The number of aliphatic carboxylic acids is 1. The van der Waals surface area contributed by atoms with Crippen LogP contribution in [0.15, 0.2) is 0 Å². The second kappa shape index (κ2) is 5.59. The van der Waals surface area contributed by atoms with Crippen molar-refractivity contribution in [2.45, 2.75) is 38.3 Å². The van der Waals surface area contributed by atoms with E-state index in [4.69, 9.17) is 5.11 Å². The summed E-state index contributed by atoms with van der Waals surface area (Å²) in [6.07, 6.45) is 2.12. The minimum atomic E-state index is -3.15. The lowest BCUT2D eigenvalue weighted by Gasteiger charge is -2.33. The zero-order valence-electron chi connectivity index (χ0n) is 11.5. The number of urea groups is 1. The molecule has 114 valence electrons. The molecular formula is C12H20N2O5S. The van der Waals surface area contributed by atoms with Crippen LogP contribution in [-0.2, 0) is 14.6 Å². The highest BCUT2D eigenvalue weighted by Crippen LogP contribution is 2.23. The summed E-state index contributed by atoms with van der Waals surface area (Å²) in [5.74, 6) is -1.22. The Kier molecular flexibility index (Phi) is 4.22. The first-order chi connectivity index (χ1) is 9.30. The molecule has 0 spiro atoms. The SMILES string of the molecule is CC1CCCN1C(=O)N(CC(=O)O)C1CCS(=O)(=O)C1. The van der Waals surface area contributed by atoms with E-state index in [1.807, 2.05) is 6.92 Å². The lowest BCUT2D eigenvalue weighted by molar-refractivity contribution is -0.138. The number of likely N-dealkylation sites (tertiary alicyclic amines) is 1. The normalized spacial score (nSPS) is 28.6. The fraction of sp³-hybridized carbons (Fsp3) is 0.833. The molecule has 0 aliphatic carbocycles. The van der Waals surface area contributed by atoms with Crippen molar-refractivity contribution in [3.63, 3.8) is 0 Å². The number of carbonyl (C=O) groups excluding carboxylic acids is 1. The van der Waals surface area contributed by atoms with Crippen LogP contribution in [0.3, 0.4) is 0 Å². The largest absolute Gasteiger partial charge is 0.480 e. The summed E-state index contributed by atoms with van der Waals surface area (Å²) in [6.45, 7) is 2.09. The molecule has 2 atom stereocenters. The number of hydrogen-bond acceptors (Lipinski definition) is 4. The monoisotopic (exact) mass is 304 g/mol. The van der Waals surface area contributed by atoms with Gasteiger partial charge in [-0.15, -0.1) is 0 Å². The van der Waals surface area contributed by atoms with Crippen molar-refractivity contribution in [2.24, 2.45) is 0 Å². The van der Waals surface area contributed by atoms with Crippen LogP contribution in [0.4, 0.5) is 4.79 Å². The lowest BCUT2D eigenvalue weighted by Crippen LogP contribution is -2.51. The van der Waals surface area contributed by atoms with E-state index in [2.05, 4.69) is 0 Å². The van der Waals surface area contributed by atoms with Gasteiger partial charge >= 0.3 is 12.0 Å². The number of carbonyl (C=O) groups is 2. The van der Waals surface area contributed by atoms with Crippen LogP contribution in [0, 0.1) is 0 Å². The third kappa shape index (κ3) is 3.23. The van der Waals surface area contributed by atoms with Crippen molar-refractivity contribution in [3.8, 4) is 0 Å². The molecule has 0 radical (unpaired) electrons. The number of hydrogen-bond donors (Lipinski definition) is 1. The quantitative estimate of drug-likeness (QED) is 0.801. The van der Waals surface area contributed by atoms with Crippen LogP contribution in [0.2, 0.25) is 0 Å². The Morgan fingerprint density at radius 1 is 1.35 bits per heavy atom. The molecule has 2 unspecified atom stereocenters. The highest BCUT2D eigenvalue weighted by atomic mass is 32.2. The number of rotatable bonds is 3. The fourth-order valence-electron chi connectivity index (χ4n) is 2.90. The Labute approximate surface area is 118 Å². The first-order valence-electron chi connectivity index (χ1n) is 6.79. The number of amides is 2. The number of sulfone groups is 1. The number of carboxylic acid groups (broad SMARTS) is 1. The first-order valence-corrected chi connectivity index (χ1v) is 8.62. The van der Waals surface area contributed by atoms with Crippen LogP contribution in [0.5, 0.6) is 0 Å². The maximum absolute atomic E-state index is 12.5. The van der Waals surface area contributed by atoms with Gasteiger partial charge in [0.1, 0.15) is 6.54 Å². The zero-order chi connectivity index (χ0) is 14.9. The van der Waals surface area contributed by atoms with Crippen LogP contribution in [-0.4, -0.2) is 72.0 Å². The Hall–Kier alpha value is -1.31. The Morgan fingerprint density at radius 2 is 2.05 bits per heavy atom. The molecule has 2 fully saturated rings. The van der Waals surface area contributed by atoms with E-state index in [-0.39, 0.29) is 23.6 Å². The van der Waals surface area contributed by atoms with Crippen molar-refractivity contribution in [3.05, 3.63) is 0 Å². The predicted octanol–water partition coefficient (Wildman–Crippen LogP) is 0.164. The molecule has 2 heterocycles. The molecule has 0 saturated carbocycles. The van der Waals surface area contributed by atoms with E-state index in [1.54, 1.807) is 4.90 Å². The topological polar surface area (TPSA) is 95.0 Å². The van der Waals surface area contributed by atoms with E-state index in [0.717, 1.165) is 12.8 Å². The Morgan fingerprint density at radius 3 is 2.50 bits per heavy atom. The summed E-state index contributed by atoms with van der Waals surface area (Å²) in [5.41, 5.74) is 0. The van der Waals surface area contributed by atoms with Crippen molar-refractivity contribution >= 4 is 21.8 Å². The molecule has 0 aromatic rings. The molecule has 2 rings (SSSR count). The van der Waals surface area contributed by atoms with Crippen LogP contribution < -0.4 is 0 Å². The molecule has 2 aliphatic rings. The molecule has 20 heavy (non-hydrogen) atoms. The summed E-state index contributed by atoms with van der Waals surface area (Å²) in [4.78, 5) is 26.3. The Bertz CT molecular complexity index is 504. The number of nitrogens with zero attached hydrogens (tertiary/aromatic N) is 2. The molecule has 2 aliphatic heterocycles. The molecule has 2 amide bonds. The van der Waals surface area contributed by atoms with Gasteiger partial charge in [-0.2, -0.15) is 0 Å². The van der Waals surface area contributed by atoms with Gasteiger partial charge in [0.25, 0.3) is 0 Å². The maximum atomic E-state index is 12.5. The van der Waals surface area contributed by atoms with Crippen LogP contribution >= 0.6 is 0 Å². The minimum Gasteiger partial charge on any atom is -0.480 e. The van der Waals surface area contributed by atoms with Crippen LogP contribution in [0.25, 0.3) is 0 Å². The summed E-state index contributed by atoms with van der Waals surface area (Å²) in [7, 11) is -3.15. The molecule has 0 bridgehead atoms. The zero-order valence-corrected chi connectivity index (χ0v) is 12.3. The van der Waals surface area contributed by atoms with Crippen molar-refractivity contribution in [1.29, 1.82) is 0 Å². The van der Waals surface area contributed by atoms with Crippen molar-refractivity contribution < 1.29 is 23.1 Å². The second-order valence-electron chi connectivity index (χ2n) is 5.55. The summed E-state index contributed by atoms with van der Waals surface area (Å²) >= 11 is 0. The van der Waals surface area contributed by atoms with E-state index in [0.29, 0.717) is 13.0 Å². The highest BCUT2D eigenvalue weighted by Gasteiger charge is 2.38. The average molecular weight is 304 g/mol. The smallest absolute Gasteiger partial charge is 0.323 e. The van der Waals surface area contributed by atoms with Crippen molar-refractivity contribution in [2.75, 3.05) is 24.6 Å². The van der Waals surface area contributed by atoms with Gasteiger partial charge in [-0.3, -0.25) is 4.79 Å². The molecule has 0 aromatic heterocycles. The molecule has 2 saturated heterocycles. The minimum absolute atomic E-state index is 0.0244. The van der Waals surface area contributed by atoms with E-state index in [9.17, 15) is 18.0 Å². The summed E-state index contributed by atoms with van der Waals surface area (Å²) < 4.78 is 23.1. The summed E-state index contributed by atoms with van der Waals surface area (Å²) in [5, 5.41) is 8.97. The second-order valence-corrected chi connectivity index (χ2v) is 7.77. The van der Waals surface area contributed by atoms with Crippen molar-refractivity contribution in [1.82, 2.24) is 9.80 Å². The molecule has 8 heteroatoms. The van der Waals surface area contributed by atoms with Gasteiger partial charge in [-0.25, -0.2) is 13.2 Å². The van der Waals surface area contributed by atoms with E-state index < -0.39 is 28.4 Å². The molecule has 1 N–H and O–H groups in total. The van der Waals surface area contributed by atoms with Gasteiger partial charge in [-0.05, 0) is 26.2 Å². The van der Waals surface area contributed by atoms with E-state index >= 15 is 0 Å². The van der Waals surface area contributed by atoms with Gasteiger partial charge in [-0.1, -0.05) is 0 Å². The van der Waals surface area contributed by atoms with Gasteiger partial charge in [0.15, 0.2) is 9.84 Å². The molecular weight excluding hydrogens is 284 g/mol. The standard InChI is InChI=1S/C12H20N2O5S/c1-9-3-2-5-13(9)12(17)14(7-11(15)16)10-4-6-20(18,19)8-10/h9-10H,2-8H2,1H3,(H,15,16). The Balaban J connectivity index is 2.15. The summed E-state index contributed by atoms with van der Waals surface area (Å²) in [6, 6.07) is -0.785. The van der Waals surface area contributed by atoms with E-state index in [1.165, 1.54) is 4.90 Å². The first kappa shape index (κ1) is 15.1. The van der Waals surface area contributed by atoms with Gasteiger partial charge < -0.3 is 14.9 Å². The van der Waals surface area contributed by atoms with Gasteiger partial charge in [0.05, 0.1) is 11.5 Å². The van der Waals surface area contributed by atoms with Gasteiger partial charge in [0.2, 0.25) is 0 Å². The number of carboxylic acids is 1. The maximum Gasteiger partial charge on any atom is 0.323 e. The third-order valence-electron chi connectivity index (χ3n) is 4.00. The third-order valence-corrected chi connectivity index (χ3v) is 5.75. The molecule has 0 aromatic carbocycles.